The summed E-state index contributed by atoms with van der Waals surface area (Å²) in [6.45, 7) is 5.73. The molecule has 0 saturated carbocycles. The van der Waals surface area contributed by atoms with Gasteiger partial charge in [-0.15, -0.1) is 0 Å². The second-order valence-corrected chi connectivity index (χ2v) is 3.81. The zero-order valence-corrected chi connectivity index (χ0v) is 7.47. The van der Waals surface area contributed by atoms with E-state index in [2.05, 4.69) is 0 Å². The summed E-state index contributed by atoms with van der Waals surface area (Å²) in [4.78, 5) is 0. The topological polar surface area (TPSA) is 26.9 Å². The van der Waals surface area contributed by atoms with Gasteiger partial charge in [0.05, 0.1) is 0 Å². The van der Waals surface area contributed by atoms with Gasteiger partial charge in [0.25, 0.3) is 0 Å². The van der Waals surface area contributed by atoms with Crippen LogP contribution < -0.4 is 4.73 Å². The van der Waals surface area contributed by atoms with Crippen molar-refractivity contribution in [3.05, 3.63) is 35.0 Å². The fraction of sp³-hybridized carbons (Fsp3) is 0.444. The lowest BCUT2D eigenvalue weighted by atomic mass is 9.92. The van der Waals surface area contributed by atoms with Crippen LogP contribution in [0.1, 0.15) is 26.5 Å². The molecule has 0 unspecified atom stereocenters. The molecule has 1 rings (SSSR count). The Bertz CT molecular complexity index is 291. The highest BCUT2D eigenvalue weighted by Crippen LogP contribution is 2.17. The normalized spacial score (nSPS) is 11.7. The van der Waals surface area contributed by atoms with Crippen molar-refractivity contribution in [2.24, 2.45) is 0 Å². The van der Waals surface area contributed by atoms with Gasteiger partial charge in [0.2, 0.25) is 6.20 Å². The Hall–Kier alpha value is -1.12. The van der Waals surface area contributed by atoms with E-state index in [0.29, 0.717) is 10.4 Å². The summed E-state index contributed by atoms with van der Waals surface area (Å²) in [5, 5.41) is 11.2. The van der Waals surface area contributed by atoms with E-state index in [4.69, 9.17) is 0 Å². The number of pyridine rings is 1. The fourth-order valence-corrected chi connectivity index (χ4v) is 1.04. The molecule has 0 aliphatic heterocycles. The maximum atomic E-state index is 12.5. The van der Waals surface area contributed by atoms with Gasteiger partial charge in [0.15, 0.2) is 11.5 Å². The number of hydrogen-bond acceptors (Lipinski definition) is 1. The molecule has 2 nitrogen and oxygen atoms in total. The number of halogens is 1. The largest absolute Gasteiger partial charge is 0.618 e. The maximum absolute atomic E-state index is 12.5. The lowest BCUT2D eigenvalue weighted by molar-refractivity contribution is -0.619. The van der Waals surface area contributed by atoms with Gasteiger partial charge < -0.3 is 5.21 Å². The van der Waals surface area contributed by atoms with E-state index in [-0.39, 0.29) is 5.41 Å². The van der Waals surface area contributed by atoms with Gasteiger partial charge in [0.1, 0.15) is 0 Å². The van der Waals surface area contributed by atoms with Crippen LogP contribution in [0.4, 0.5) is 4.39 Å². The molecule has 0 atom stereocenters. The summed E-state index contributed by atoms with van der Waals surface area (Å²) in [7, 11) is 0. The van der Waals surface area contributed by atoms with Crippen LogP contribution in [0.15, 0.2) is 18.3 Å². The number of nitrogens with zero attached hydrogens (tertiary/aromatic N) is 1. The minimum atomic E-state index is -0.502. The first-order valence-electron chi connectivity index (χ1n) is 3.80. The first-order chi connectivity index (χ1) is 5.41. The van der Waals surface area contributed by atoms with Crippen molar-refractivity contribution in [2.75, 3.05) is 0 Å². The molecule has 0 aliphatic rings. The Morgan fingerprint density at radius 1 is 1.33 bits per heavy atom. The second kappa shape index (κ2) is 2.73. The van der Waals surface area contributed by atoms with Crippen molar-refractivity contribution in [2.45, 2.75) is 26.2 Å². The Balaban J connectivity index is 3.19. The van der Waals surface area contributed by atoms with Crippen molar-refractivity contribution >= 4 is 0 Å². The van der Waals surface area contributed by atoms with E-state index in [1.807, 2.05) is 20.8 Å². The SMILES string of the molecule is CC(C)(C)c1ccc(F)c[n+]1[O-]. The van der Waals surface area contributed by atoms with E-state index < -0.39 is 5.82 Å². The predicted octanol–water partition coefficient (Wildman–Crippen LogP) is 1.76. The quantitative estimate of drug-likeness (QED) is 0.429. The van der Waals surface area contributed by atoms with Crippen LogP contribution in [0.25, 0.3) is 0 Å². The highest BCUT2D eigenvalue weighted by atomic mass is 19.1. The van der Waals surface area contributed by atoms with Crippen molar-refractivity contribution < 1.29 is 9.12 Å². The lowest BCUT2D eigenvalue weighted by Crippen LogP contribution is -2.38. The summed E-state index contributed by atoms with van der Waals surface area (Å²) in [5.74, 6) is -0.502. The van der Waals surface area contributed by atoms with Crippen molar-refractivity contribution in [3.63, 3.8) is 0 Å². The summed E-state index contributed by atoms with van der Waals surface area (Å²) < 4.78 is 13.1. The molecular weight excluding hydrogens is 157 g/mol. The predicted molar refractivity (Wildman–Crippen MR) is 44.1 cm³/mol. The van der Waals surface area contributed by atoms with Gasteiger partial charge in [-0.2, -0.15) is 4.73 Å². The number of hydrogen-bond donors (Lipinski definition) is 0. The Labute approximate surface area is 71.2 Å². The highest BCUT2D eigenvalue weighted by molar-refractivity contribution is 5.08. The fourth-order valence-electron chi connectivity index (χ4n) is 1.04. The molecule has 3 heteroatoms. The molecule has 0 bridgehead atoms. The van der Waals surface area contributed by atoms with Crippen LogP contribution in [0.5, 0.6) is 0 Å². The third-order valence-corrected chi connectivity index (χ3v) is 1.65. The summed E-state index contributed by atoms with van der Waals surface area (Å²) in [6, 6.07) is 2.82. The molecule has 0 saturated heterocycles. The Kier molecular flexibility index (Phi) is 2.04. The molecule has 0 radical (unpaired) electrons. The number of rotatable bonds is 0. The van der Waals surface area contributed by atoms with Crippen LogP contribution in [0.2, 0.25) is 0 Å². The maximum Gasteiger partial charge on any atom is 0.216 e. The summed E-state index contributed by atoms with van der Waals surface area (Å²) >= 11 is 0. The van der Waals surface area contributed by atoms with Crippen LogP contribution in [0, 0.1) is 11.0 Å². The highest BCUT2D eigenvalue weighted by Gasteiger charge is 2.22. The Morgan fingerprint density at radius 2 is 1.92 bits per heavy atom. The Morgan fingerprint density at radius 3 is 2.33 bits per heavy atom. The molecular formula is C9H12FNO. The average molecular weight is 169 g/mol. The molecule has 0 amide bonds. The molecule has 0 aliphatic carbocycles. The number of aromatic nitrogens is 1. The van der Waals surface area contributed by atoms with E-state index >= 15 is 0 Å². The van der Waals surface area contributed by atoms with Crippen LogP contribution >= 0.6 is 0 Å². The first kappa shape index (κ1) is 8.97. The van der Waals surface area contributed by atoms with Crippen molar-refractivity contribution in [3.8, 4) is 0 Å². The summed E-state index contributed by atoms with van der Waals surface area (Å²) in [5.41, 5.74) is 0.332. The molecule has 1 heterocycles. The van der Waals surface area contributed by atoms with E-state index in [1.165, 1.54) is 12.1 Å². The standard InChI is InChI=1S/C9H12FNO/c1-9(2,3)8-5-4-7(10)6-11(8)12/h4-6H,1-3H3. The van der Waals surface area contributed by atoms with Gasteiger partial charge in [-0.3, -0.25) is 0 Å². The van der Waals surface area contributed by atoms with Gasteiger partial charge in [-0.25, -0.2) is 4.39 Å². The molecule has 1 aromatic heterocycles. The van der Waals surface area contributed by atoms with Crippen molar-refractivity contribution in [1.29, 1.82) is 0 Å². The minimum Gasteiger partial charge on any atom is -0.618 e. The smallest absolute Gasteiger partial charge is 0.216 e. The third kappa shape index (κ3) is 1.72. The zero-order chi connectivity index (χ0) is 9.35. The van der Waals surface area contributed by atoms with E-state index in [1.54, 1.807) is 0 Å². The van der Waals surface area contributed by atoms with Crippen LogP contribution in [0.3, 0.4) is 0 Å². The van der Waals surface area contributed by atoms with Crippen LogP contribution in [-0.2, 0) is 5.41 Å². The molecule has 12 heavy (non-hydrogen) atoms. The average Bonchev–Trinajstić information content (AvgIpc) is 1.83. The van der Waals surface area contributed by atoms with Crippen molar-refractivity contribution in [1.82, 2.24) is 0 Å². The zero-order valence-electron chi connectivity index (χ0n) is 7.47. The molecule has 0 fully saturated rings. The summed E-state index contributed by atoms with van der Waals surface area (Å²) in [6.07, 6.45) is 0.945. The first-order valence-corrected chi connectivity index (χ1v) is 3.80. The monoisotopic (exact) mass is 169 g/mol. The molecule has 0 N–H and O–H groups in total. The molecule has 0 aromatic carbocycles. The van der Waals surface area contributed by atoms with E-state index in [9.17, 15) is 9.60 Å². The molecule has 0 spiro atoms. The minimum absolute atomic E-state index is 0.241. The molecule has 66 valence electrons. The lowest BCUT2D eigenvalue weighted by Gasteiger charge is -2.16. The third-order valence-electron chi connectivity index (χ3n) is 1.65. The van der Waals surface area contributed by atoms with Gasteiger partial charge in [-0.05, 0) is 6.07 Å². The van der Waals surface area contributed by atoms with Gasteiger partial charge in [-0.1, -0.05) is 20.8 Å². The molecule has 1 aromatic rings. The van der Waals surface area contributed by atoms with E-state index in [0.717, 1.165) is 6.20 Å². The van der Waals surface area contributed by atoms with Crippen LogP contribution in [-0.4, -0.2) is 0 Å². The van der Waals surface area contributed by atoms with Gasteiger partial charge in [0, 0.05) is 11.5 Å². The van der Waals surface area contributed by atoms with Gasteiger partial charge >= 0.3 is 0 Å². The second-order valence-electron chi connectivity index (χ2n) is 3.81.